The van der Waals surface area contributed by atoms with Crippen LogP contribution in [-0.4, -0.2) is 68.6 Å². The topological polar surface area (TPSA) is 125 Å². The summed E-state index contributed by atoms with van der Waals surface area (Å²) in [6.45, 7) is 4.85. The van der Waals surface area contributed by atoms with Crippen molar-refractivity contribution in [2.45, 2.75) is 63.5 Å². The molecule has 10 heteroatoms. The van der Waals surface area contributed by atoms with E-state index in [0.29, 0.717) is 48.7 Å². The van der Waals surface area contributed by atoms with Crippen LogP contribution in [0.2, 0.25) is 0 Å². The molecular formula is C40H40N6O4. The van der Waals surface area contributed by atoms with E-state index < -0.39 is 12.1 Å². The minimum absolute atomic E-state index is 0.0530. The highest BCUT2D eigenvalue weighted by molar-refractivity contribution is 5.99. The highest BCUT2D eigenvalue weighted by Gasteiger charge is 2.37. The molecule has 2 saturated heterocycles. The smallest absolute Gasteiger partial charge is 0.247 e. The second-order valence-electron chi connectivity index (χ2n) is 12.7. The number of carbonyl (C=O) groups is 4. The molecule has 4 amide bonds. The summed E-state index contributed by atoms with van der Waals surface area (Å²) in [5.74, 6) is 4.71. The van der Waals surface area contributed by atoms with Gasteiger partial charge in [-0.15, -0.1) is 0 Å². The van der Waals surface area contributed by atoms with Gasteiger partial charge in [0.05, 0.1) is 35.6 Å². The van der Waals surface area contributed by atoms with Crippen molar-refractivity contribution in [2.75, 3.05) is 23.7 Å². The van der Waals surface area contributed by atoms with E-state index >= 15 is 0 Å². The highest BCUT2D eigenvalue weighted by Crippen LogP contribution is 2.27. The molecule has 2 aromatic carbocycles. The fourth-order valence-corrected chi connectivity index (χ4v) is 6.53. The Morgan fingerprint density at radius 1 is 0.620 bits per heavy atom. The van der Waals surface area contributed by atoms with Gasteiger partial charge in [-0.1, -0.05) is 60.7 Å². The average molecular weight is 669 g/mol. The minimum atomic E-state index is -0.533. The summed E-state index contributed by atoms with van der Waals surface area (Å²) in [4.78, 5) is 64.9. The number of carbonyl (C=O) groups excluding carboxylic acids is 4. The quantitative estimate of drug-likeness (QED) is 0.244. The first-order chi connectivity index (χ1) is 24.3. The lowest BCUT2D eigenvalue weighted by Gasteiger charge is -2.27. The zero-order chi connectivity index (χ0) is 35.0. The molecule has 0 unspecified atom stereocenters. The van der Waals surface area contributed by atoms with Gasteiger partial charge < -0.3 is 20.4 Å². The summed E-state index contributed by atoms with van der Waals surface area (Å²) in [6.07, 6.45) is 5.84. The predicted molar refractivity (Wildman–Crippen MR) is 191 cm³/mol. The first-order valence-corrected chi connectivity index (χ1v) is 17.0. The van der Waals surface area contributed by atoms with E-state index in [1.165, 1.54) is 0 Å². The number of benzene rings is 2. The number of hydrogen-bond donors (Lipinski definition) is 2. The van der Waals surface area contributed by atoms with Crippen LogP contribution in [0.15, 0.2) is 97.3 Å². The second-order valence-corrected chi connectivity index (χ2v) is 12.7. The van der Waals surface area contributed by atoms with Crippen LogP contribution in [0.5, 0.6) is 0 Å². The van der Waals surface area contributed by atoms with Crippen LogP contribution in [0.3, 0.4) is 0 Å². The zero-order valence-corrected chi connectivity index (χ0v) is 28.2. The standard InChI is InChI=1S/C40H40N6O4/c1-27(29-11-5-3-6-12-29)39(49)45-23-9-15-35(45)37(47)43-33-21-19-31(41-25-33)17-18-32-20-22-34(26-42-32)44-38(48)36-16-10-24-46(36)40(50)28(2)30-13-7-4-8-14-30/h3-8,11-14,19-22,25-28,35-36H,9-10,15-16,23-24H2,1-2H3,(H,43,47)(H,44,48)/t27-,28-,35+,36+/m1/s1. The third kappa shape index (κ3) is 7.90. The third-order valence-electron chi connectivity index (χ3n) is 9.40. The van der Waals surface area contributed by atoms with E-state index in [9.17, 15) is 19.2 Å². The van der Waals surface area contributed by atoms with E-state index in [-0.39, 0.29) is 35.5 Å². The Balaban J connectivity index is 1.01. The number of rotatable bonds is 8. The number of nitrogens with one attached hydrogen (secondary N) is 2. The Morgan fingerprint density at radius 3 is 1.38 bits per heavy atom. The molecule has 4 aromatic rings. The van der Waals surface area contributed by atoms with E-state index in [4.69, 9.17) is 0 Å². The van der Waals surface area contributed by atoms with Gasteiger partial charge >= 0.3 is 0 Å². The van der Waals surface area contributed by atoms with E-state index in [1.807, 2.05) is 74.5 Å². The Bertz CT molecular complexity index is 1750. The molecule has 2 fully saturated rings. The Kier molecular flexibility index (Phi) is 10.6. The normalized spacial score (nSPS) is 18.0. The van der Waals surface area contributed by atoms with Crippen molar-refractivity contribution in [1.82, 2.24) is 19.8 Å². The number of pyridine rings is 2. The summed E-state index contributed by atoms with van der Waals surface area (Å²) in [6, 6.07) is 25.0. The van der Waals surface area contributed by atoms with Gasteiger partial charge in [0.25, 0.3) is 0 Å². The Hall–Kier alpha value is -5.82. The van der Waals surface area contributed by atoms with Gasteiger partial charge in [0.2, 0.25) is 23.6 Å². The fraction of sp³-hybridized carbons (Fsp3) is 0.300. The van der Waals surface area contributed by atoms with Crippen molar-refractivity contribution in [3.63, 3.8) is 0 Å². The minimum Gasteiger partial charge on any atom is -0.330 e. The van der Waals surface area contributed by atoms with Crippen molar-refractivity contribution in [1.29, 1.82) is 0 Å². The predicted octanol–water partition coefficient (Wildman–Crippen LogP) is 5.34. The van der Waals surface area contributed by atoms with E-state index in [1.54, 1.807) is 46.5 Å². The van der Waals surface area contributed by atoms with Crippen LogP contribution in [0.25, 0.3) is 0 Å². The summed E-state index contributed by atoms with van der Waals surface area (Å²) < 4.78 is 0. The molecule has 4 heterocycles. The first-order valence-electron chi connectivity index (χ1n) is 17.0. The lowest BCUT2D eigenvalue weighted by atomic mass is 9.99. The van der Waals surface area contributed by atoms with Gasteiger partial charge in [-0.25, -0.2) is 9.97 Å². The van der Waals surface area contributed by atoms with Crippen LogP contribution in [0.1, 0.15) is 73.9 Å². The molecule has 2 aliphatic heterocycles. The van der Waals surface area contributed by atoms with Crippen LogP contribution in [0, 0.1) is 11.8 Å². The SMILES string of the molecule is C[C@@H](C(=O)N1CCC[C@H]1C(=O)Nc1ccc(C#Cc2ccc(NC(=O)[C@@H]3CCCN3C(=O)[C@H](C)c3ccccc3)cn2)nc1)c1ccccc1. The van der Waals surface area contributed by atoms with E-state index in [0.717, 1.165) is 24.0 Å². The molecule has 4 atom stereocenters. The lowest BCUT2D eigenvalue weighted by molar-refractivity contribution is -0.137. The van der Waals surface area contributed by atoms with Crippen LogP contribution >= 0.6 is 0 Å². The number of aromatic nitrogens is 2. The maximum atomic E-state index is 13.2. The van der Waals surface area contributed by atoms with Crippen LogP contribution < -0.4 is 10.6 Å². The molecule has 0 spiro atoms. The lowest BCUT2D eigenvalue weighted by Crippen LogP contribution is -2.44. The van der Waals surface area contributed by atoms with Crippen LogP contribution in [0.4, 0.5) is 11.4 Å². The van der Waals surface area contributed by atoms with Gasteiger partial charge in [-0.3, -0.25) is 19.2 Å². The molecule has 254 valence electrons. The number of hydrogen-bond acceptors (Lipinski definition) is 6. The first kappa shape index (κ1) is 34.1. The molecule has 0 saturated carbocycles. The van der Waals surface area contributed by atoms with Gasteiger partial charge in [-0.2, -0.15) is 0 Å². The number of nitrogens with zero attached hydrogens (tertiary/aromatic N) is 4. The van der Waals surface area contributed by atoms with Crippen molar-refractivity contribution < 1.29 is 19.2 Å². The zero-order valence-electron chi connectivity index (χ0n) is 28.2. The Morgan fingerprint density at radius 2 is 1.02 bits per heavy atom. The molecule has 2 aliphatic rings. The maximum Gasteiger partial charge on any atom is 0.247 e. The molecule has 0 radical (unpaired) electrons. The number of likely N-dealkylation sites (tertiary alicyclic amines) is 2. The second kappa shape index (κ2) is 15.6. The number of amides is 4. The molecule has 50 heavy (non-hydrogen) atoms. The van der Waals surface area contributed by atoms with Crippen molar-refractivity contribution in [3.05, 3.63) is 120 Å². The van der Waals surface area contributed by atoms with Crippen molar-refractivity contribution in [2.24, 2.45) is 0 Å². The average Bonchev–Trinajstić information content (AvgIpc) is 3.86. The van der Waals surface area contributed by atoms with Gasteiger partial charge in [0, 0.05) is 13.1 Å². The largest absolute Gasteiger partial charge is 0.330 e. The monoisotopic (exact) mass is 668 g/mol. The summed E-state index contributed by atoms with van der Waals surface area (Å²) in [5, 5.41) is 5.80. The Labute approximate surface area is 292 Å². The van der Waals surface area contributed by atoms with Gasteiger partial charge in [0.1, 0.15) is 23.5 Å². The maximum absolute atomic E-state index is 13.2. The van der Waals surface area contributed by atoms with Gasteiger partial charge in [0.15, 0.2) is 0 Å². The van der Waals surface area contributed by atoms with Gasteiger partial charge in [-0.05, 0) is 86.8 Å². The summed E-state index contributed by atoms with van der Waals surface area (Å²) >= 11 is 0. The third-order valence-corrected chi connectivity index (χ3v) is 9.40. The number of anilines is 2. The molecule has 2 aromatic heterocycles. The molecule has 0 bridgehead atoms. The fourth-order valence-electron chi connectivity index (χ4n) is 6.53. The molecule has 6 rings (SSSR count). The highest BCUT2D eigenvalue weighted by atomic mass is 16.2. The molecule has 10 nitrogen and oxygen atoms in total. The molecule has 2 N–H and O–H groups in total. The molecule has 0 aliphatic carbocycles. The van der Waals surface area contributed by atoms with Crippen molar-refractivity contribution >= 4 is 35.0 Å². The molecular weight excluding hydrogens is 628 g/mol. The van der Waals surface area contributed by atoms with E-state index in [2.05, 4.69) is 32.4 Å². The summed E-state index contributed by atoms with van der Waals surface area (Å²) in [7, 11) is 0. The summed E-state index contributed by atoms with van der Waals surface area (Å²) in [5.41, 5.74) is 3.88. The van der Waals surface area contributed by atoms with Crippen molar-refractivity contribution in [3.8, 4) is 11.8 Å². The van der Waals surface area contributed by atoms with Crippen LogP contribution in [-0.2, 0) is 19.2 Å².